The van der Waals surface area contributed by atoms with Gasteiger partial charge in [-0.25, -0.2) is 14.6 Å². The summed E-state index contributed by atoms with van der Waals surface area (Å²) in [5, 5.41) is 8.46. The van der Waals surface area contributed by atoms with Crippen LogP contribution in [-0.4, -0.2) is 22.8 Å². The van der Waals surface area contributed by atoms with E-state index in [1.807, 2.05) is 0 Å². The van der Waals surface area contributed by atoms with Crippen molar-refractivity contribution >= 4 is 5.97 Å². The minimum absolute atomic E-state index is 0.352. The van der Waals surface area contributed by atoms with Crippen molar-refractivity contribution in [3.8, 4) is 0 Å². The number of carbonyl (C=O) groups is 1. The molecule has 0 bridgehead atoms. The van der Waals surface area contributed by atoms with Gasteiger partial charge < -0.3 is 5.11 Å². The summed E-state index contributed by atoms with van der Waals surface area (Å²) in [6.45, 7) is 3.13. The van der Waals surface area contributed by atoms with Crippen LogP contribution in [0, 0.1) is 0 Å². The fraction of sp³-hybridized carbons (Fsp3) is 0.800. The molecule has 0 aliphatic carbocycles. The highest BCUT2D eigenvalue weighted by atomic mass is 17.3. The van der Waals surface area contributed by atoms with Crippen LogP contribution in [0.4, 0.5) is 0 Å². The van der Waals surface area contributed by atoms with Crippen LogP contribution < -0.4 is 0 Å². The largest absolute Gasteiger partial charge is 0.479 e. The van der Waals surface area contributed by atoms with Gasteiger partial charge in [0.25, 0.3) is 0 Å². The third-order valence-corrected chi connectivity index (χ3v) is 1.57. The van der Waals surface area contributed by atoms with Crippen molar-refractivity contribution in [2.45, 2.75) is 25.6 Å². The molecule has 1 aliphatic rings. The molecule has 1 fully saturated rings. The van der Waals surface area contributed by atoms with Crippen LogP contribution in [-0.2, 0) is 14.6 Å². The normalized spacial score (nSPS) is 41.8. The molecule has 9 heavy (non-hydrogen) atoms. The Morgan fingerprint density at radius 3 is 2.33 bits per heavy atom. The van der Waals surface area contributed by atoms with Gasteiger partial charge in [0.2, 0.25) is 5.60 Å². The van der Waals surface area contributed by atoms with Gasteiger partial charge in [0.15, 0.2) is 0 Å². The van der Waals surface area contributed by atoms with Crippen molar-refractivity contribution in [3.63, 3.8) is 0 Å². The van der Waals surface area contributed by atoms with E-state index in [0.29, 0.717) is 0 Å². The van der Waals surface area contributed by atoms with Crippen LogP contribution in [0.2, 0.25) is 0 Å². The molecule has 1 heterocycles. The highest BCUT2D eigenvalue weighted by Crippen LogP contribution is 2.29. The van der Waals surface area contributed by atoms with Crippen molar-refractivity contribution in [1.82, 2.24) is 0 Å². The Bertz CT molecular complexity index is 144. The molecule has 0 radical (unpaired) electrons. The summed E-state index contributed by atoms with van der Waals surface area (Å²) in [7, 11) is 0. The van der Waals surface area contributed by atoms with Gasteiger partial charge >= 0.3 is 5.97 Å². The fourth-order valence-electron chi connectivity index (χ4n) is 0.498. The van der Waals surface area contributed by atoms with Gasteiger partial charge in [-0.1, -0.05) is 0 Å². The Morgan fingerprint density at radius 1 is 1.78 bits per heavy atom. The van der Waals surface area contributed by atoms with Gasteiger partial charge in [-0.3, -0.25) is 0 Å². The highest BCUT2D eigenvalue weighted by Gasteiger charge is 2.51. The highest BCUT2D eigenvalue weighted by molar-refractivity contribution is 5.78. The van der Waals surface area contributed by atoms with Crippen molar-refractivity contribution in [2.24, 2.45) is 0 Å². The van der Waals surface area contributed by atoms with Crippen molar-refractivity contribution < 1.29 is 19.7 Å². The van der Waals surface area contributed by atoms with E-state index in [0.717, 1.165) is 0 Å². The minimum Gasteiger partial charge on any atom is -0.479 e. The van der Waals surface area contributed by atoms with Gasteiger partial charge in [-0.2, -0.15) is 0 Å². The summed E-state index contributed by atoms with van der Waals surface area (Å²) in [5.74, 6) is -0.985. The second kappa shape index (κ2) is 1.68. The van der Waals surface area contributed by atoms with Gasteiger partial charge in [-0.05, 0) is 13.8 Å². The summed E-state index contributed by atoms with van der Waals surface area (Å²) in [4.78, 5) is 19.1. The van der Waals surface area contributed by atoms with E-state index < -0.39 is 11.6 Å². The Hall–Kier alpha value is -0.610. The first-order valence-corrected chi connectivity index (χ1v) is 2.65. The zero-order valence-electron chi connectivity index (χ0n) is 5.25. The quantitative estimate of drug-likeness (QED) is 0.517. The van der Waals surface area contributed by atoms with Gasteiger partial charge in [0.05, 0.1) is 0 Å². The Labute approximate surface area is 52.3 Å². The SMILES string of the molecule is CC1OOC1(C)C(=O)O. The molecular formula is C5H8O4. The Morgan fingerprint density at radius 2 is 2.33 bits per heavy atom. The molecule has 1 aliphatic heterocycles. The summed E-state index contributed by atoms with van der Waals surface area (Å²) in [6.07, 6.45) is -0.352. The zero-order chi connectivity index (χ0) is 7.07. The second-order valence-corrected chi connectivity index (χ2v) is 2.23. The molecule has 4 heteroatoms. The van der Waals surface area contributed by atoms with E-state index in [1.165, 1.54) is 6.92 Å². The number of hydrogen-bond acceptors (Lipinski definition) is 3. The number of rotatable bonds is 1. The lowest BCUT2D eigenvalue weighted by Crippen LogP contribution is -2.57. The Kier molecular flexibility index (Phi) is 1.22. The van der Waals surface area contributed by atoms with E-state index in [1.54, 1.807) is 6.92 Å². The third kappa shape index (κ3) is 0.710. The first-order chi connectivity index (χ1) is 4.07. The van der Waals surface area contributed by atoms with Crippen LogP contribution >= 0.6 is 0 Å². The number of aliphatic carboxylic acids is 1. The molecule has 0 amide bonds. The van der Waals surface area contributed by atoms with E-state index in [-0.39, 0.29) is 6.10 Å². The van der Waals surface area contributed by atoms with Gasteiger partial charge in [0, 0.05) is 0 Å². The predicted molar refractivity (Wildman–Crippen MR) is 27.7 cm³/mol. The smallest absolute Gasteiger partial charge is 0.341 e. The first kappa shape index (κ1) is 6.51. The van der Waals surface area contributed by atoms with Crippen molar-refractivity contribution in [2.75, 3.05) is 0 Å². The molecule has 4 nitrogen and oxygen atoms in total. The lowest BCUT2D eigenvalue weighted by Gasteiger charge is -2.38. The van der Waals surface area contributed by atoms with Crippen LogP contribution in [0.1, 0.15) is 13.8 Å². The second-order valence-electron chi connectivity index (χ2n) is 2.23. The number of carboxylic acid groups (broad SMARTS) is 1. The molecule has 1 rings (SSSR count). The molecular weight excluding hydrogens is 124 g/mol. The number of hydrogen-bond donors (Lipinski definition) is 1. The molecule has 0 spiro atoms. The van der Waals surface area contributed by atoms with Crippen molar-refractivity contribution in [1.29, 1.82) is 0 Å². The summed E-state index contributed by atoms with van der Waals surface area (Å²) in [6, 6.07) is 0. The Balaban J connectivity index is 2.64. The van der Waals surface area contributed by atoms with E-state index in [9.17, 15) is 4.79 Å². The lowest BCUT2D eigenvalue weighted by atomic mass is 10.00. The third-order valence-electron chi connectivity index (χ3n) is 1.57. The maximum atomic E-state index is 10.3. The van der Waals surface area contributed by atoms with E-state index in [4.69, 9.17) is 5.11 Å². The number of carboxylic acids is 1. The minimum atomic E-state index is -1.12. The van der Waals surface area contributed by atoms with Crippen LogP contribution in [0.25, 0.3) is 0 Å². The fourth-order valence-corrected chi connectivity index (χ4v) is 0.498. The topological polar surface area (TPSA) is 55.8 Å². The predicted octanol–water partition coefficient (Wildman–Crippen LogP) is 0.180. The maximum Gasteiger partial charge on any atom is 0.341 e. The lowest BCUT2D eigenvalue weighted by molar-refractivity contribution is -0.487. The molecule has 1 saturated heterocycles. The zero-order valence-corrected chi connectivity index (χ0v) is 5.25. The molecule has 2 atom stereocenters. The van der Waals surface area contributed by atoms with Gasteiger partial charge in [0.1, 0.15) is 6.10 Å². The van der Waals surface area contributed by atoms with E-state index in [2.05, 4.69) is 9.78 Å². The van der Waals surface area contributed by atoms with Crippen LogP contribution in [0.15, 0.2) is 0 Å². The summed E-state index contributed by atoms with van der Waals surface area (Å²) in [5.41, 5.74) is -1.12. The molecule has 0 aromatic rings. The molecule has 52 valence electrons. The van der Waals surface area contributed by atoms with Crippen LogP contribution in [0.3, 0.4) is 0 Å². The summed E-state index contributed by atoms with van der Waals surface area (Å²) >= 11 is 0. The molecule has 0 aromatic carbocycles. The molecule has 1 N–H and O–H groups in total. The molecule has 0 aromatic heterocycles. The first-order valence-electron chi connectivity index (χ1n) is 2.65. The van der Waals surface area contributed by atoms with E-state index >= 15 is 0 Å². The van der Waals surface area contributed by atoms with Crippen LogP contribution in [0.5, 0.6) is 0 Å². The van der Waals surface area contributed by atoms with Gasteiger partial charge in [-0.15, -0.1) is 0 Å². The van der Waals surface area contributed by atoms with Crippen molar-refractivity contribution in [3.05, 3.63) is 0 Å². The molecule has 2 unspecified atom stereocenters. The molecule has 0 saturated carbocycles. The monoisotopic (exact) mass is 132 g/mol. The summed E-state index contributed by atoms with van der Waals surface area (Å²) < 4.78 is 0. The average Bonchev–Trinajstić information content (AvgIpc) is 1.82. The average molecular weight is 132 g/mol. The maximum absolute atomic E-state index is 10.3. The standard InChI is InChI=1S/C5H8O4/c1-3-5(2,4(6)7)9-8-3/h3H,1-2H3,(H,6,7).